The third-order valence-corrected chi connectivity index (χ3v) is 4.87. The van der Waals surface area contributed by atoms with E-state index < -0.39 is 0 Å². The summed E-state index contributed by atoms with van der Waals surface area (Å²) < 4.78 is 0. The van der Waals surface area contributed by atoms with Crippen LogP contribution < -0.4 is 0 Å². The van der Waals surface area contributed by atoms with Gasteiger partial charge in [0.05, 0.1) is 5.57 Å². The summed E-state index contributed by atoms with van der Waals surface area (Å²) in [5.41, 5.74) is 1.30. The van der Waals surface area contributed by atoms with Crippen molar-refractivity contribution in [1.82, 2.24) is 0 Å². The number of aromatic hydroxyl groups is 1. The van der Waals surface area contributed by atoms with Crippen LogP contribution in [0, 0.1) is 0 Å². The van der Waals surface area contributed by atoms with E-state index >= 15 is 0 Å². The molecule has 3 rings (SSSR count). The molecule has 0 atom stereocenters. The molecule has 1 aliphatic carbocycles. The monoisotopic (exact) mass is 287 g/mol. The van der Waals surface area contributed by atoms with Crippen molar-refractivity contribution < 1.29 is 9.90 Å². The molecule has 0 saturated heterocycles. The molecule has 19 heavy (non-hydrogen) atoms. The van der Waals surface area contributed by atoms with E-state index in [4.69, 9.17) is 0 Å². The normalized spacial score (nSPS) is 21.9. The first-order chi connectivity index (χ1) is 9.25. The minimum atomic E-state index is -0.0344. The van der Waals surface area contributed by atoms with Crippen LogP contribution in [-0.4, -0.2) is 15.9 Å². The van der Waals surface area contributed by atoms with E-state index in [0.717, 1.165) is 5.04 Å². The quantitative estimate of drug-likeness (QED) is 0.635. The van der Waals surface area contributed by atoms with Crippen molar-refractivity contribution in [3.63, 3.8) is 0 Å². The first-order valence-corrected chi connectivity index (χ1v) is 7.75. The van der Waals surface area contributed by atoms with Crippen LogP contribution in [0.5, 0.6) is 5.75 Å². The maximum Gasteiger partial charge on any atom is 0.188 e. The van der Waals surface area contributed by atoms with E-state index in [9.17, 15) is 9.90 Å². The number of para-hydroxylation sites is 1. The Morgan fingerprint density at radius 3 is 2.63 bits per heavy atom. The van der Waals surface area contributed by atoms with Crippen molar-refractivity contribution in [3.05, 3.63) is 64.7 Å². The van der Waals surface area contributed by atoms with Crippen LogP contribution in [0.1, 0.15) is 5.56 Å². The molecule has 0 radical (unpaired) electrons. The van der Waals surface area contributed by atoms with E-state index in [-0.39, 0.29) is 11.5 Å². The maximum absolute atomic E-state index is 11.8. The third kappa shape index (κ3) is 2.39. The second-order valence-electron chi connectivity index (χ2n) is 3.90. The zero-order valence-electron chi connectivity index (χ0n) is 9.74. The van der Waals surface area contributed by atoms with E-state index in [1.54, 1.807) is 24.3 Å². The molecule has 1 aromatic rings. The van der Waals surface area contributed by atoms with Crippen molar-refractivity contribution in [3.8, 4) is 5.75 Å². The SMILES string of the molecule is O=C1C=CC=CC1=C1N=C(c2ccccc2O)SS1. The first kappa shape index (κ1) is 12.3. The highest BCUT2D eigenvalue weighted by molar-refractivity contribution is 8.84. The Morgan fingerprint density at radius 1 is 1.05 bits per heavy atom. The molecule has 1 aromatic carbocycles. The lowest BCUT2D eigenvalue weighted by Crippen LogP contribution is -2.00. The molecule has 0 unspecified atom stereocenters. The fraction of sp³-hybridized carbons (Fsp3) is 0. The van der Waals surface area contributed by atoms with Gasteiger partial charge < -0.3 is 5.11 Å². The van der Waals surface area contributed by atoms with Gasteiger partial charge in [-0.3, -0.25) is 4.79 Å². The number of allylic oxidation sites excluding steroid dienone is 5. The summed E-state index contributed by atoms with van der Waals surface area (Å²) in [5, 5.41) is 11.2. The average Bonchev–Trinajstić information content (AvgIpc) is 2.89. The number of ketones is 1. The van der Waals surface area contributed by atoms with Gasteiger partial charge in [-0.2, -0.15) is 0 Å². The Balaban J connectivity index is 2.00. The smallest absolute Gasteiger partial charge is 0.188 e. The summed E-state index contributed by atoms with van der Waals surface area (Å²) in [6.07, 6.45) is 6.83. The van der Waals surface area contributed by atoms with Gasteiger partial charge in [-0.05, 0) is 45.9 Å². The summed E-state index contributed by atoms with van der Waals surface area (Å²) >= 11 is 0. The van der Waals surface area contributed by atoms with Crippen LogP contribution in [0.4, 0.5) is 0 Å². The first-order valence-electron chi connectivity index (χ1n) is 5.60. The lowest BCUT2D eigenvalue weighted by molar-refractivity contribution is -0.111. The number of carbonyl (C=O) groups is 1. The van der Waals surface area contributed by atoms with E-state index in [1.807, 2.05) is 18.2 Å². The molecule has 0 spiro atoms. The largest absolute Gasteiger partial charge is 0.507 e. The van der Waals surface area contributed by atoms with E-state index in [0.29, 0.717) is 16.2 Å². The van der Waals surface area contributed by atoms with Crippen LogP contribution in [0.15, 0.2) is 64.2 Å². The summed E-state index contributed by atoms with van der Waals surface area (Å²) in [7, 11) is 2.89. The number of nitrogens with zero attached hydrogens (tertiary/aromatic N) is 1. The van der Waals surface area contributed by atoms with Gasteiger partial charge in [0.25, 0.3) is 0 Å². The number of benzene rings is 1. The predicted molar refractivity (Wildman–Crippen MR) is 80.1 cm³/mol. The fourth-order valence-electron chi connectivity index (χ4n) is 1.72. The number of hydrogen-bond donors (Lipinski definition) is 1. The van der Waals surface area contributed by atoms with Gasteiger partial charge in [-0.25, -0.2) is 4.99 Å². The lowest BCUT2D eigenvalue weighted by Gasteiger charge is -2.02. The Bertz CT molecular complexity index is 672. The second-order valence-corrected chi connectivity index (χ2v) is 6.01. The summed E-state index contributed by atoms with van der Waals surface area (Å²) in [5.74, 6) is 0.166. The highest BCUT2D eigenvalue weighted by Gasteiger charge is 2.22. The molecule has 0 bridgehead atoms. The summed E-state index contributed by atoms with van der Waals surface area (Å²) in [6.45, 7) is 0. The van der Waals surface area contributed by atoms with Crippen LogP contribution in [0.25, 0.3) is 0 Å². The van der Waals surface area contributed by atoms with Gasteiger partial charge in [-0.1, -0.05) is 24.3 Å². The summed E-state index contributed by atoms with van der Waals surface area (Å²) in [4.78, 5) is 16.2. The molecule has 0 saturated carbocycles. The Morgan fingerprint density at radius 2 is 1.84 bits per heavy atom. The Hall–Kier alpha value is -1.72. The van der Waals surface area contributed by atoms with Crippen LogP contribution in [0.3, 0.4) is 0 Å². The molecule has 2 aliphatic rings. The Kier molecular flexibility index (Phi) is 3.31. The zero-order valence-corrected chi connectivity index (χ0v) is 11.4. The molecule has 0 fully saturated rings. The molecule has 5 heteroatoms. The number of hydrogen-bond acceptors (Lipinski definition) is 5. The predicted octanol–water partition coefficient (Wildman–Crippen LogP) is 3.44. The third-order valence-electron chi connectivity index (χ3n) is 2.65. The maximum atomic E-state index is 11.8. The number of aliphatic imine (C=N–C) groups is 1. The molecule has 0 aromatic heterocycles. The summed E-state index contributed by atoms with van der Waals surface area (Å²) in [6, 6.07) is 7.06. The van der Waals surface area contributed by atoms with Gasteiger partial charge >= 0.3 is 0 Å². The standard InChI is InChI=1S/C14H9NO2S2/c16-11-7-3-1-5-9(11)13-15-14(19-18-13)10-6-2-4-8-12(10)17/h1-8,16H. The van der Waals surface area contributed by atoms with Gasteiger partial charge in [0.2, 0.25) is 0 Å². The molecular formula is C14H9NO2S2. The van der Waals surface area contributed by atoms with Crippen molar-refractivity contribution in [1.29, 1.82) is 0 Å². The van der Waals surface area contributed by atoms with Crippen LogP contribution >= 0.6 is 21.6 Å². The minimum Gasteiger partial charge on any atom is -0.507 e. The number of rotatable bonds is 1. The molecule has 3 nitrogen and oxygen atoms in total. The van der Waals surface area contributed by atoms with Gasteiger partial charge in [-0.15, -0.1) is 0 Å². The fourth-order valence-corrected chi connectivity index (χ4v) is 3.95. The molecule has 94 valence electrons. The second kappa shape index (κ2) is 5.11. The van der Waals surface area contributed by atoms with Crippen LogP contribution in [0.2, 0.25) is 0 Å². The Labute approximate surface area is 118 Å². The molecule has 1 N–H and O–H groups in total. The average molecular weight is 287 g/mol. The molecule has 0 amide bonds. The van der Waals surface area contributed by atoms with Gasteiger partial charge in [0.1, 0.15) is 15.8 Å². The van der Waals surface area contributed by atoms with Gasteiger partial charge in [0, 0.05) is 5.56 Å². The zero-order chi connectivity index (χ0) is 13.2. The topological polar surface area (TPSA) is 49.7 Å². The highest BCUT2D eigenvalue weighted by Crippen LogP contribution is 2.44. The van der Waals surface area contributed by atoms with Crippen molar-refractivity contribution in [2.75, 3.05) is 0 Å². The highest BCUT2D eigenvalue weighted by atomic mass is 33.1. The van der Waals surface area contributed by atoms with Crippen molar-refractivity contribution in [2.24, 2.45) is 4.99 Å². The van der Waals surface area contributed by atoms with E-state index in [2.05, 4.69) is 4.99 Å². The molecule has 1 aliphatic heterocycles. The number of phenolic OH excluding ortho intramolecular Hbond substituents is 1. The number of phenols is 1. The number of carbonyl (C=O) groups excluding carboxylic acids is 1. The molecule has 1 heterocycles. The lowest BCUT2D eigenvalue weighted by atomic mass is 10.1. The van der Waals surface area contributed by atoms with Crippen LogP contribution in [-0.2, 0) is 4.79 Å². The van der Waals surface area contributed by atoms with Crippen molar-refractivity contribution in [2.45, 2.75) is 0 Å². The van der Waals surface area contributed by atoms with Gasteiger partial charge in [0.15, 0.2) is 5.78 Å². The molecular weight excluding hydrogens is 278 g/mol. The van der Waals surface area contributed by atoms with E-state index in [1.165, 1.54) is 27.7 Å². The minimum absolute atomic E-state index is 0.0344. The van der Waals surface area contributed by atoms with Crippen molar-refractivity contribution >= 4 is 32.4 Å².